The highest BCUT2D eigenvalue weighted by Crippen LogP contribution is 2.36. The molecule has 0 bridgehead atoms. The second-order valence-corrected chi connectivity index (χ2v) is 5.23. The molecule has 2 unspecified atom stereocenters. The van der Waals surface area contributed by atoms with Gasteiger partial charge in [-0.15, -0.1) is 0 Å². The van der Waals surface area contributed by atoms with Crippen LogP contribution in [0.25, 0.3) is 0 Å². The first-order chi connectivity index (χ1) is 10.3. The van der Waals surface area contributed by atoms with E-state index in [9.17, 15) is 4.79 Å². The Hall–Kier alpha value is -2.57. The standard InChI is InChI=1S/C14H14N6O/c21-13-6-12-11(20(13)10-7-15-9-16-8-10)2-5-19(12)14-17-3-1-4-18-14/h1,3-4,7-9,11-12H,2,5-6H2. The summed E-state index contributed by atoms with van der Waals surface area (Å²) >= 11 is 0. The van der Waals surface area contributed by atoms with Crippen LogP contribution in [0.4, 0.5) is 11.6 Å². The van der Waals surface area contributed by atoms with Crippen molar-refractivity contribution < 1.29 is 4.79 Å². The third-order valence-electron chi connectivity index (χ3n) is 4.13. The van der Waals surface area contributed by atoms with Gasteiger partial charge in [0.05, 0.1) is 30.2 Å². The zero-order valence-corrected chi connectivity index (χ0v) is 11.3. The molecule has 4 heterocycles. The highest BCUT2D eigenvalue weighted by Gasteiger charge is 2.48. The van der Waals surface area contributed by atoms with Gasteiger partial charge in [-0.1, -0.05) is 0 Å². The van der Waals surface area contributed by atoms with Crippen LogP contribution in [0.5, 0.6) is 0 Å². The van der Waals surface area contributed by atoms with E-state index in [1.54, 1.807) is 30.9 Å². The molecule has 2 aromatic rings. The molecule has 2 atom stereocenters. The molecule has 2 saturated heterocycles. The summed E-state index contributed by atoms with van der Waals surface area (Å²) in [7, 11) is 0. The molecule has 2 aliphatic rings. The summed E-state index contributed by atoms with van der Waals surface area (Å²) in [5.41, 5.74) is 0.769. The average molecular weight is 282 g/mol. The van der Waals surface area contributed by atoms with Gasteiger partial charge in [-0.25, -0.2) is 19.9 Å². The molecular formula is C14H14N6O. The minimum absolute atomic E-state index is 0.112. The number of hydrogen-bond donors (Lipinski definition) is 0. The Morgan fingerprint density at radius 1 is 1.10 bits per heavy atom. The van der Waals surface area contributed by atoms with Gasteiger partial charge in [0.25, 0.3) is 0 Å². The minimum atomic E-state index is 0.112. The lowest BCUT2D eigenvalue weighted by Gasteiger charge is -2.24. The van der Waals surface area contributed by atoms with Crippen LogP contribution in [-0.4, -0.2) is 44.5 Å². The summed E-state index contributed by atoms with van der Waals surface area (Å²) < 4.78 is 0. The monoisotopic (exact) mass is 282 g/mol. The Labute approximate surface area is 121 Å². The lowest BCUT2D eigenvalue weighted by atomic mass is 10.1. The van der Waals surface area contributed by atoms with Crippen molar-refractivity contribution in [1.82, 2.24) is 19.9 Å². The zero-order chi connectivity index (χ0) is 14.2. The third kappa shape index (κ3) is 1.93. The summed E-state index contributed by atoms with van der Waals surface area (Å²) in [6.45, 7) is 0.858. The molecule has 7 nitrogen and oxygen atoms in total. The van der Waals surface area contributed by atoms with Gasteiger partial charge in [0, 0.05) is 25.4 Å². The first-order valence-electron chi connectivity index (χ1n) is 6.95. The molecule has 106 valence electrons. The largest absolute Gasteiger partial charge is 0.335 e. The number of carbonyl (C=O) groups excluding carboxylic acids is 1. The molecule has 0 spiro atoms. The van der Waals surface area contributed by atoms with E-state index in [4.69, 9.17) is 0 Å². The Morgan fingerprint density at radius 2 is 1.86 bits per heavy atom. The molecule has 0 N–H and O–H groups in total. The van der Waals surface area contributed by atoms with E-state index in [0.717, 1.165) is 18.7 Å². The highest BCUT2D eigenvalue weighted by molar-refractivity contribution is 5.97. The number of carbonyl (C=O) groups is 1. The minimum Gasteiger partial charge on any atom is -0.335 e. The molecule has 2 aliphatic heterocycles. The molecule has 0 saturated carbocycles. The van der Waals surface area contributed by atoms with Gasteiger partial charge in [0.2, 0.25) is 11.9 Å². The fourth-order valence-electron chi connectivity index (χ4n) is 3.29. The molecule has 0 radical (unpaired) electrons. The molecule has 1 amide bonds. The Bertz CT molecular complexity index is 649. The molecule has 4 rings (SSSR count). The number of aromatic nitrogens is 4. The van der Waals surface area contributed by atoms with Crippen molar-refractivity contribution in [1.29, 1.82) is 0 Å². The molecule has 21 heavy (non-hydrogen) atoms. The van der Waals surface area contributed by atoms with Crippen molar-refractivity contribution in [2.24, 2.45) is 0 Å². The van der Waals surface area contributed by atoms with Crippen LogP contribution < -0.4 is 9.80 Å². The fraction of sp³-hybridized carbons (Fsp3) is 0.357. The number of rotatable bonds is 2. The molecule has 0 aromatic carbocycles. The number of anilines is 2. The molecule has 2 fully saturated rings. The third-order valence-corrected chi connectivity index (χ3v) is 4.13. The Balaban J connectivity index is 1.65. The van der Waals surface area contributed by atoms with Crippen molar-refractivity contribution >= 4 is 17.5 Å². The fourth-order valence-corrected chi connectivity index (χ4v) is 3.29. The van der Waals surface area contributed by atoms with Crippen LogP contribution in [-0.2, 0) is 4.79 Å². The molecule has 7 heteroatoms. The summed E-state index contributed by atoms with van der Waals surface area (Å²) in [6, 6.07) is 2.07. The number of nitrogens with zero attached hydrogens (tertiary/aromatic N) is 6. The van der Waals surface area contributed by atoms with E-state index in [0.29, 0.717) is 12.4 Å². The van der Waals surface area contributed by atoms with Crippen LogP contribution in [0.1, 0.15) is 12.8 Å². The van der Waals surface area contributed by atoms with Crippen LogP contribution >= 0.6 is 0 Å². The smallest absolute Gasteiger partial charge is 0.229 e. The van der Waals surface area contributed by atoms with Crippen molar-refractivity contribution in [2.45, 2.75) is 24.9 Å². The van der Waals surface area contributed by atoms with Crippen molar-refractivity contribution in [3.63, 3.8) is 0 Å². The molecule has 0 aliphatic carbocycles. The Kier molecular flexibility index (Phi) is 2.77. The first-order valence-corrected chi connectivity index (χ1v) is 6.95. The maximum atomic E-state index is 12.4. The highest BCUT2D eigenvalue weighted by atomic mass is 16.2. The quantitative estimate of drug-likeness (QED) is 0.805. The second kappa shape index (κ2) is 4.76. The maximum absolute atomic E-state index is 12.4. The van der Waals surface area contributed by atoms with Gasteiger partial charge in [0.15, 0.2) is 0 Å². The van der Waals surface area contributed by atoms with Crippen molar-refractivity contribution in [3.05, 3.63) is 37.2 Å². The van der Waals surface area contributed by atoms with E-state index in [1.807, 2.05) is 4.90 Å². The number of amides is 1. The van der Waals surface area contributed by atoms with Gasteiger partial charge in [-0.3, -0.25) is 4.79 Å². The van der Waals surface area contributed by atoms with Crippen LogP contribution in [0.2, 0.25) is 0 Å². The van der Waals surface area contributed by atoms with Gasteiger partial charge in [-0.05, 0) is 12.5 Å². The summed E-state index contributed by atoms with van der Waals surface area (Å²) in [5, 5.41) is 0. The van der Waals surface area contributed by atoms with Crippen molar-refractivity contribution in [2.75, 3.05) is 16.3 Å². The van der Waals surface area contributed by atoms with Crippen LogP contribution in [0.3, 0.4) is 0 Å². The molecule has 2 aromatic heterocycles. The number of fused-ring (bicyclic) bond motifs is 1. The van der Waals surface area contributed by atoms with E-state index in [1.165, 1.54) is 6.33 Å². The number of hydrogen-bond acceptors (Lipinski definition) is 6. The first kappa shape index (κ1) is 12.2. The normalized spacial score (nSPS) is 24.5. The van der Waals surface area contributed by atoms with E-state index < -0.39 is 0 Å². The lowest BCUT2D eigenvalue weighted by Crippen LogP contribution is -2.38. The van der Waals surface area contributed by atoms with E-state index in [2.05, 4.69) is 24.8 Å². The summed E-state index contributed by atoms with van der Waals surface area (Å²) in [6.07, 6.45) is 9.70. The topological polar surface area (TPSA) is 75.1 Å². The summed E-state index contributed by atoms with van der Waals surface area (Å²) in [5.74, 6) is 0.810. The van der Waals surface area contributed by atoms with Gasteiger partial charge >= 0.3 is 0 Å². The average Bonchev–Trinajstić information content (AvgIpc) is 3.06. The van der Waals surface area contributed by atoms with Gasteiger partial charge in [-0.2, -0.15) is 0 Å². The lowest BCUT2D eigenvalue weighted by molar-refractivity contribution is -0.117. The predicted molar refractivity (Wildman–Crippen MR) is 75.7 cm³/mol. The zero-order valence-electron chi connectivity index (χ0n) is 11.3. The van der Waals surface area contributed by atoms with Crippen LogP contribution in [0, 0.1) is 0 Å². The Morgan fingerprint density at radius 3 is 2.62 bits per heavy atom. The van der Waals surface area contributed by atoms with Crippen LogP contribution in [0.15, 0.2) is 37.2 Å². The molecular weight excluding hydrogens is 268 g/mol. The van der Waals surface area contributed by atoms with Gasteiger partial charge in [0.1, 0.15) is 6.33 Å². The second-order valence-electron chi connectivity index (χ2n) is 5.23. The maximum Gasteiger partial charge on any atom is 0.229 e. The van der Waals surface area contributed by atoms with Gasteiger partial charge < -0.3 is 9.80 Å². The predicted octanol–water partition coefficient (Wildman–Crippen LogP) is 0.651. The summed E-state index contributed by atoms with van der Waals surface area (Å²) in [4.78, 5) is 33.0. The SMILES string of the molecule is O=C1CC2C(CCN2c2ncccn2)N1c1cncnc1. The van der Waals surface area contributed by atoms with E-state index in [-0.39, 0.29) is 18.0 Å². The van der Waals surface area contributed by atoms with Crippen molar-refractivity contribution in [3.8, 4) is 0 Å². The van der Waals surface area contributed by atoms with E-state index >= 15 is 0 Å².